The molecule has 0 N–H and O–H groups in total. The van der Waals surface area contributed by atoms with Crippen molar-refractivity contribution in [2.24, 2.45) is 13.0 Å². The second-order valence-electron chi connectivity index (χ2n) is 5.03. The maximum atomic E-state index is 11.7. The van der Waals surface area contributed by atoms with Crippen molar-refractivity contribution in [2.45, 2.75) is 51.0 Å². The molecule has 1 unspecified atom stereocenters. The SMILES string of the molecule is CCCCC(CC)COC(=O)CCSc1ccn(C)n1. The van der Waals surface area contributed by atoms with E-state index in [1.807, 2.05) is 19.3 Å². The van der Waals surface area contributed by atoms with Crippen LogP contribution >= 0.6 is 11.8 Å². The van der Waals surface area contributed by atoms with Crippen LogP contribution in [0.5, 0.6) is 0 Å². The van der Waals surface area contributed by atoms with Gasteiger partial charge in [0.25, 0.3) is 0 Å². The first kappa shape index (κ1) is 17.1. The van der Waals surface area contributed by atoms with Gasteiger partial charge in [-0.05, 0) is 18.4 Å². The average molecular weight is 298 g/mol. The molecule has 1 aromatic heterocycles. The molecular weight excluding hydrogens is 272 g/mol. The molecule has 1 atom stereocenters. The Morgan fingerprint density at radius 3 is 2.90 bits per heavy atom. The first-order chi connectivity index (χ1) is 9.65. The van der Waals surface area contributed by atoms with Gasteiger partial charge in [-0.25, -0.2) is 0 Å². The summed E-state index contributed by atoms with van der Waals surface area (Å²) in [6.07, 6.45) is 7.00. The van der Waals surface area contributed by atoms with Crippen molar-refractivity contribution in [3.05, 3.63) is 12.3 Å². The van der Waals surface area contributed by atoms with Crippen LogP contribution in [0.4, 0.5) is 0 Å². The van der Waals surface area contributed by atoms with Crippen molar-refractivity contribution < 1.29 is 9.53 Å². The molecule has 5 heteroatoms. The van der Waals surface area contributed by atoms with Crippen LogP contribution in [0.2, 0.25) is 0 Å². The Morgan fingerprint density at radius 2 is 2.30 bits per heavy atom. The fraction of sp³-hybridized carbons (Fsp3) is 0.733. The fourth-order valence-electron chi connectivity index (χ4n) is 1.89. The van der Waals surface area contributed by atoms with Gasteiger partial charge in [-0.2, -0.15) is 5.10 Å². The lowest BCUT2D eigenvalue weighted by Crippen LogP contribution is -2.14. The summed E-state index contributed by atoms with van der Waals surface area (Å²) in [5.41, 5.74) is 0. The highest BCUT2D eigenvalue weighted by Crippen LogP contribution is 2.16. The summed E-state index contributed by atoms with van der Waals surface area (Å²) in [6.45, 7) is 4.92. The normalized spacial score (nSPS) is 12.3. The minimum Gasteiger partial charge on any atom is -0.465 e. The number of esters is 1. The zero-order valence-electron chi connectivity index (χ0n) is 12.8. The summed E-state index contributed by atoms with van der Waals surface area (Å²) in [5.74, 6) is 1.15. The van der Waals surface area contributed by atoms with Gasteiger partial charge in [-0.3, -0.25) is 9.48 Å². The predicted octanol–water partition coefficient (Wildman–Crippen LogP) is 3.66. The zero-order valence-corrected chi connectivity index (χ0v) is 13.6. The second-order valence-corrected chi connectivity index (χ2v) is 6.14. The number of hydrogen-bond donors (Lipinski definition) is 0. The van der Waals surface area contributed by atoms with E-state index in [0.717, 1.165) is 23.6 Å². The zero-order chi connectivity index (χ0) is 14.8. The van der Waals surface area contributed by atoms with E-state index in [2.05, 4.69) is 18.9 Å². The molecule has 0 aromatic carbocycles. The molecule has 0 radical (unpaired) electrons. The third kappa shape index (κ3) is 6.98. The van der Waals surface area contributed by atoms with Gasteiger partial charge in [0, 0.05) is 19.0 Å². The van der Waals surface area contributed by atoms with Gasteiger partial charge in [-0.15, -0.1) is 11.8 Å². The number of rotatable bonds is 10. The molecule has 1 rings (SSSR count). The highest BCUT2D eigenvalue weighted by molar-refractivity contribution is 7.99. The molecule has 0 aliphatic heterocycles. The van der Waals surface area contributed by atoms with E-state index >= 15 is 0 Å². The average Bonchev–Trinajstić information content (AvgIpc) is 2.85. The third-order valence-corrected chi connectivity index (χ3v) is 4.19. The molecule has 0 aliphatic carbocycles. The fourth-order valence-corrected chi connectivity index (χ4v) is 2.71. The van der Waals surface area contributed by atoms with E-state index in [4.69, 9.17) is 4.74 Å². The summed E-state index contributed by atoms with van der Waals surface area (Å²) in [4.78, 5) is 11.7. The number of unbranched alkanes of at least 4 members (excludes halogenated alkanes) is 1. The smallest absolute Gasteiger partial charge is 0.306 e. The topological polar surface area (TPSA) is 44.1 Å². The largest absolute Gasteiger partial charge is 0.465 e. The molecule has 1 heterocycles. The molecule has 0 spiro atoms. The minimum atomic E-state index is -0.0941. The minimum absolute atomic E-state index is 0.0941. The highest BCUT2D eigenvalue weighted by atomic mass is 32.2. The highest BCUT2D eigenvalue weighted by Gasteiger charge is 2.10. The van der Waals surface area contributed by atoms with E-state index in [9.17, 15) is 4.79 Å². The van der Waals surface area contributed by atoms with E-state index in [-0.39, 0.29) is 5.97 Å². The maximum absolute atomic E-state index is 11.7. The molecule has 0 bridgehead atoms. The Bertz CT molecular complexity index is 393. The van der Waals surface area contributed by atoms with Gasteiger partial charge >= 0.3 is 5.97 Å². The van der Waals surface area contributed by atoms with E-state index in [0.29, 0.717) is 18.9 Å². The van der Waals surface area contributed by atoms with Crippen molar-refractivity contribution in [1.29, 1.82) is 0 Å². The second kappa shape index (κ2) is 9.86. The van der Waals surface area contributed by atoms with Crippen LogP contribution in [0.3, 0.4) is 0 Å². The van der Waals surface area contributed by atoms with Crippen molar-refractivity contribution in [3.63, 3.8) is 0 Å². The number of aryl methyl sites for hydroxylation is 1. The molecule has 4 nitrogen and oxygen atoms in total. The molecule has 1 aromatic rings. The summed E-state index contributed by atoms with van der Waals surface area (Å²) >= 11 is 1.59. The van der Waals surface area contributed by atoms with Crippen LogP contribution in [-0.2, 0) is 16.6 Å². The van der Waals surface area contributed by atoms with E-state index in [1.54, 1.807) is 16.4 Å². The molecule has 0 saturated heterocycles. The van der Waals surface area contributed by atoms with Crippen LogP contribution in [-0.4, -0.2) is 28.1 Å². The van der Waals surface area contributed by atoms with Gasteiger partial charge in [0.2, 0.25) is 0 Å². The van der Waals surface area contributed by atoms with Crippen LogP contribution in [0.1, 0.15) is 46.0 Å². The molecule has 20 heavy (non-hydrogen) atoms. The number of carbonyl (C=O) groups excluding carboxylic acids is 1. The summed E-state index contributed by atoms with van der Waals surface area (Å²) in [6, 6.07) is 1.95. The van der Waals surface area contributed by atoms with E-state index in [1.165, 1.54) is 12.8 Å². The molecule has 0 aliphatic rings. The molecular formula is C15H26N2O2S. The van der Waals surface area contributed by atoms with Crippen LogP contribution in [0.15, 0.2) is 17.3 Å². The van der Waals surface area contributed by atoms with Crippen LogP contribution in [0, 0.1) is 5.92 Å². The first-order valence-electron chi connectivity index (χ1n) is 7.43. The van der Waals surface area contributed by atoms with Gasteiger partial charge in [0.15, 0.2) is 0 Å². The lowest BCUT2D eigenvalue weighted by molar-refractivity contribution is -0.144. The molecule has 0 saturated carbocycles. The number of aromatic nitrogens is 2. The number of hydrogen-bond acceptors (Lipinski definition) is 4. The first-order valence-corrected chi connectivity index (χ1v) is 8.42. The van der Waals surface area contributed by atoms with Gasteiger partial charge in [-0.1, -0.05) is 33.1 Å². The van der Waals surface area contributed by atoms with Crippen molar-refractivity contribution in [3.8, 4) is 0 Å². The number of ether oxygens (including phenoxy) is 1. The maximum Gasteiger partial charge on any atom is 0.306 e. The van der Waals surface area contributed by atoms with Crippen molar-refractivity contribution in [2.75, 3.05) is 12.4 Å². The molecule has 114 valence electrons. The number of carbonyl (C=O) groups is 1. The third-order valence-electron chi connectivity index (χ3n) is 3.27. The Kier molecular flexibility index (Phi) is 8.42. The summed E-state index contributed by atoms with van der Waals surface area (Å²) < 4.78 is 7.12. The van der Waals surface area contributed by atoms with Gasteiger partial charge in [0.05, 0.1) is 13.0 Å². The van der Waals surface area contributed by atoms with Crippen molar-refractivity contribution >= 4 is 17.7 Å². The quantitative estimate of drug-likeness (QED) is 0.488. The lowest BCUT2D eigenvalue weighted by Gasteiger charge is -2.14. The monoisotopic (exact) mass is 298 g/mol. The summed E-state index contributed by atoms with van der Waals surface area (Å²) in [5, 5.41) is 5.21. The summed E-state index contributed by atoms with van der Waals surface area (Å²) in [7, 11) is 1.89. The molecule has 0 fully saturated rings. The predicted molar refractivity (Wildman–Crippen MR) is 82.8 cm³/mol. The van der Waals surface area contributed by atoms with Gasteiger partial charge < -0.3 is 4.74 Å². The Labute approximate surface area is 126 Å². The Morgan fingerprint density at radius 1 is 1.50 bits per heavy atom. The van der Waals surface area contributed by atoms with E-state index < -0.39 is 0 Å². The van der Waals surface area contributed by atoms with Crippen molar-refractivity contribution in [1.82, 2.24) is 9.78 Å². The van der Waals surface area contributed by atoms with Gasteiger partial charge in [0.1, 0.15) is 5.03 Å². The Hall–Kier alpha value is -0.970. The number of nitrogens with zero attached hydrogens (tertiary/aromatic N) is 2. The number of thioether (sulfide) groups is 1. The lowest BCUT2D eigenvalue weighted by atomic mass is 10.0. The van der Waals surface area contributed by atoms with Crippen LogP contribution < -0.4 is 0 Å². The van der Waals surface area contributed by atoms with Crippen LogP contribution in [0.25, 0.3) is 0 Å². The standard InChI is InChI=1S/C15H26N2O2S/c1-4-6-7-13(5-2)12-19-15(18)9-11-20-14-8-10-17(3)16-14/h8,10,13H,4-7,9,11-12H2,1-3H3. The Balaban J connectivity index is 2.13. The molecule has 0 amide bonds.